The van der Waals surface area contributed by atoms with E-state index in [1.165, 1.54) is 7.11 Å². The Hall–Kier alpha value is -2.34. The number of aryl methyl sites for hydroxylation is 2. The first-order valence-corrected chi connectivity index (χ1v) is 6.70. The second-order valence-electron chi connectivity index (χ2n) is 4.66. The van der Waals surface area contributed by atoms with Crippen molar-refractivity contribution in [3.8, 4) is 5.75 Å². The van der Waals surface area contributed by atoms with Crippen molar-refractivity contribution < 1.29 is 14.6 Å². The van der Waals surface area contributed by atoms with Gasteiger partial charge in [-0.3, -0.25) is 9.48 Å². The van der Waals surface area contributed by atoms with E-state index in [-0.39, 0.29) is 12.5 Å². The van der Waals surface area contributed by atoms with Crippen molar-refractivity contribution in [2.24, 2.45) is 7.05 Å². The lowest BCUT2D eigenvalue weighted by atomic mass is 10.1. The van der Waals surface area contributed by atoms with Gasteiger partial charge in [0.15, 0.2) is 0 Å². The molecule has 2 aromatic rings. The zero-order chi connectivity index (χ0) is 15.4. The third-order valence-electron chi connectivity index (χ3n) is 3.19. The average Bonchev–Trinajstić information content (AvgIpc) is 2.88. The highest BCUT2D eigenvalue weighted by Crippen LogP contribution is 2.23. The second kappa shape index (κ2) is 6.41. The van der Waals surface area contributed by atoms with Gasteiger partial charge in [0.1, 0.15) is 5.75 Å². The lowest BCUT2D eigenvalue weighted by molar-refractivity contribution is 0.102. The number of aliphatic hydroxyl groups excluding tert-OH is 1. The first kappa shape index (κ1) is 15.1. The van der Waals surface area contributed by atoms with Crippen LogP contribution in [0.5, 0.6) is 5.75 Å². The maximum absolute atomic E-state index is 12.3. The Balaban J connectivity index is 2.23. The van der Waals surface area contributed by atoms with Crippen LogP contribution >= 0.6 is 0 Å². The normalized spacial score (nSPS) is 10.5. The van der Waals surface area contributed by atoms with Crippen LogP contribution in [0.1, 0.15) is 28.5 Å². The molecule has 2 rings (SSSR count). The fourth-order valence-corrected chi connectivity index (χ4v) is 2.16. The zero-order valence-corrected chi connectivity index (χ0v) is 12.4. The first-order chi connectivity index (χ1) is 10.1. The number of carbonyl (C=O) groups excluding carboxylic acids is 1. The van der Waals surface area contributed by atoms with E-state index in [1.54, 1.807) is 36.1 Å². The van der Waals surface area contributed by atoms with E-state index in [4.69, 9.17) is 4.74 Å². The number of amides is 1. The summed E-state index contributed by atoms with van der Waals surface area (Å²) in [5, 5.41) is 16.4. The van der Waals surface area contributed by atoms with E-state index >= 15 is 0 Å². The Kier molecular flexibility index (Phi) is 4.59. The molecule has 0 fully saturated rings. The van der Waals surface area contributed by atoms with Crippen LogP contribution in [0.25, 0.3) is 0 Å². The minimum absolute atomic E-state index is 0.153. The molecule has 0 saturated heterocycles. The van der Waals surface area contributed by atoms with E-state index < -0.39 is 0 Å². The Labute approximate surface area is 123 Å². The molecule has 0 aliphatic carbocycles. The summed E-state index contributed by atoms with van der Waals surface area (Å²) in [5.74, 6) is 0.375. The fourth-order valence-electron chi connectivity index (χ4n) is 2.16. The number of benzene rings is 1. The molecule has 0 aliphatic rings. The maximum atomic E-state index is 12.3. The minimum atomic E-state index is -0.214. The molecule has 6 heteroatoms. The van der Waals surface area contributed by atoms with Gasteiger partial charge in [-0.2, -0.15) is 5.10 Å². The van der Waals surface area contributed by atoms with Gasteiger partial charge in [0, 0.05) is 24.5 Å². The van der Waals surface area contributed by atoms with Crippen molar-refractivity contribution in [3.05, 3.63) is 41.2 Å². The monoisotopic (exact) mass is 289 g/mol. The molecule has 0 bridgehead atoms. The molecule has 2 N–H and O–H groups in total. The van der Waals surface area contributed by atoms with Crippen molar-refractivity contribution in [3.63, 3.8) is 0 Å². The maximum Gasteiger partial charge on any atom is 0.259 e. The van der Waals surface area contributed by atoms with Crippen molar-refractivity contribution >= 4 is 11.6 Å². The SMILES string of the molecule is CCc1nn(C)cc1C(=O)Nc1ccc(OC)c(CO)c1. The lowest BCUT2D eigenvalue weighted by Crippen LogP contribution is -2.13. The quantitative estimate of drug-likeness (QED) is 0.879. The summed E-state index contributed by atoms with van der Waals surface area (Å²) < 4.78 is 6.76. The number of methoxy groups -OCH3 is 1. The van der Waals surface area contributed by atoms with Gasteiger partial charge in [0.2, 0.25) is 0 Å². The molecule has 112 valence electrons. The number of hydrogen-bond acceptors (Lipinski definition) is 4. The van der Waals surface area contributed by atoms with Gasteiger partial charge in [-0.1, -0.05) is 6.92 Å². The molecular formula is C15H19N3O3. The van der Waals surface area contributed by atoms with Crippen LogP contribution in [0.4, 0.5) is 5.69 Å². The summed E-state index contributed by atoms with van der Waals surface area (Å²) in [7, 11) is 3.32. The van der Waals surface area contributed by atoms with E-state index in [2.05, 4.69) is 10.4 Å². The number of nitrogens with one attached hydrogen (secondary N) is 1. The van der Waals surface area contributed by atoms with Gasteiger partial charge in [-0.05, 0) is 24.6 Å². The molecule has 0 spiro atoms. The number of hydrogen-bond donors (Lipinski definition) is 2. The molecule has 0 radical (unpaired) electrons. The zero-order valence-electron chi connectivity index (χ0n) is 12.4. The highest BCUT2D eigenvalue weighted by molar-refractivity contribution is 6.05. The van der Waals surface area contributed by atoms with Crippen molar-refractivity contribution in [1.29, 1.82) is 0 Å². The van der Waals surface area contributed by atoms with Crippen LogP contribution in [0.2, 0.25) is 0 Å². The van der Waals surface area contributed by atoms with E-state index in [0.29, 0.717) is 29.0 Å². The van der Waals surface area contributed by atoms with E-state index in [1.807, 2.05) is 6.92 Å². The largest absolute Gasteiger partial charge is 0.496 e. The predicted molar refractivity (Wildman–Crippen MR) is 79.5 cm³/mol. The van der Waals surface area contributed by atoms with E-state index in [9.17, 15) is 9.90 Å². The van der Waals surface area contributed by atoms with Crippen molar-refractivity contribution in [2.45, 2.75) is 20.0 Å². The molecule has 0 atom stereocenters. The number of ether oxygens (including phenoxy) is 1. The Morgan fingerprint density at radius 2 is 2.24 bits per heavy atom. The highest BCUT2D eigenvalue weighted by atomic mass is 16.5. The van der Waals surface area contributed by atoms with Crippen molar-refractivity contribution in [1.82, 2.24) is 9.78 Å². The number of rotatable bonds is 5. The Morgan fingerprint density at radius 3 is 2.86 bits per heavy atom. The summed E-state index contributed by atoms with van der Waals surface area (Å²) in [6.07, 6.45) is 2.39. The standard InChI is InChI=1S/C15H19N3O3/c1-4-13-12(8-18(2)17-13)15(20)16-11-5-6-14(21-3)10(7-11)9-19/h5-8,19H,4,9H2,1-3H3,(H,16,20). The average molecular weight is 289 g/mol. The van der Waals surface area contributed by atoms with Crippen LogP contribution in [0.15, 0.2) is 24.4 Å². The summed E-state index contributed by atoms with van der Waals surface area (Å²) in [4.78, 5) is 12.3. The second-order valence-corrected chi connectivity index (χ2v) is 4.66. The third kappa shape index (κ3) is 3.22. The van der Waals surface area contributed by atoms with Gasteiger partial charge >= 0.3 is 0 Å². The lowest BCUT2D eigenvalue weighted by Gasteiger charge is -2.10. The number of nitrogens with zero attached hydrogens (tertiary/aromatic N) is 2. The molecular weight excluding hydrogens is 270 g/mol. The van der Waals surface area contributed by atoms with Gasteiger partial charge in [0.25, 0.3) is 5.91 Å². The first-order valence-electron chi connectivity index (χ1n) is 6.70. The number of carbonyl (C=O) groups is 1. The van der Waals surface area contributed by atoms with Gasteiger partial charge < -0.3 is 15.2 Å². The minimum Gasteiger partial charge on any atom is -0.496 e. The summed E-state index contributed by atoms with van der Waals surface area (Å²) in [6.45, 7) is 1.80. The van der Waals surface area contributed by atoms with Crippen molar-refractivity contribution in [2.75, 3.05) is 12.4 Å². The summed E-state index contributed by atoms with van der Waals surface area (Å²) >= 11 is 0. The molecule has 0 aliphatic heterocycles. The smallest absolute Gasteiger partial charge is 0.259 e. The molecule has 0 unspecified atom stereocenters. The molecule has 1 aromatic heterocycles. The highest BCUT2D eigenvalue weighted by Gasteiger charge is 2.15. The molecule has 1 heterocycles. The Bertz CT molecular complexity index is 650. The predicted octanol–water partition coefficient (Wildman–Crippen LogP) is 1.74. The molecule has 1 aromatic carbocycles. The number of aromatic nitrogens is 2. The fraction of sp³-hybridized carbons (Fsp3) is 0.333. The van der Waals surface area contributed by atoms with Crippen LogP contribution in [0.3, 0.4) is 0 Å². The topological polar surface area (TPSA) is 76.4 Å². The molecule has 0 saturated carbocycles. The van der Waals surface area contributed by atoms with Crippen LogP contribution < -0.4 is 10.1 Å². The van der Waals surface area contributed by atoms with Gasteiger partial charge in [-0.25, -0.2) is 0 Å². The van der Waals surface area contributed by atoms with E-state index in [0.717, 1.165) is 5.69 Å². The van der Waals surface area contributed by atoms with Gasteiger partial charge in [0.05, 0.1) is 25.0 Å². The van der Waals surface area contributed by atoms with Gasteiger partial charge in [-0.15, -0.1) is 0 Å². The number of anilines is 1. The Morgan fingerprint density at radius 1 is 1.48 bits per heavy atom. The third-order valence-corrected chi connectivity index (χ3v) is 3.19. The summed E-state index contributed by atoms with van der Waals surface area (Å²) in [5.41, 5.74) is 2.54. The molecule has 6 nitrogen and oxygen atoms in total. The van der Waals surface area contributed by atoms with Crippen LogP contribution in [0, 0.1) is 0 Å². The number of aliphatic hydroxyl groups is 1. The molecule has 21 heavy (non-hydrogen) atoms. The van der Waals surface area contributed by atoms with Crippen LogP contribution in [-0.4, -0.2) is 27.9 Å². The molecule has 1 amide bonds. The van der Waals surface area contributed by atoms with Crippen LogP contribution in [-0.2, 0) is 20.1 Å². The summed E-state index contributed by atoms with van der Waals surface area (Å²) in [6, 6.07) is 5.14.